The summed E-state index contributed by atoms with van der Waals surface area (Å²) < 4.78 is 0. The van der Waals surface area contributed by atoms with Crippen molar-refractivity contribution in [1.29, 1.82) is 5.41 Å². The molecule has 4 unspecified atom stereocenters. The molecule has 0 saturated heterocycles. The number of amides is 1. The van der Waals surface area contributed by atoms with E-state index in [1.807, 2.05) is 30.3 Å². The third-order valence-corrected chi connectivity index (χ3v) is 8.75. The molecular formula is C31H36N6O7. The first-order chi connectivity index (χ1) is 20.7. The van der Waals surface area contributed by atoms with Crippen LogP contribution in [0.5, 0.6) is 5.75 Å². The van der Waals surface area contributed by atoms with Gasteiger partial charge in [0.25, 0.3) is 5.91 Å². The number of phenolic OH excluding ortho intramolecular Hbond substituents is 1. The zero-order valence-corrected chi connectivity index (χ0v) is 24.8. The number of Topliss-reactive ketones (excluding diaryl/α,β-unsaturated/α-hetero) is 2. The fourth-order valence-electron chi connectivity index (χ4n) is 6.76. The number of likely N-dealkylation sites (N-methyl/N-ethyl adjacent to an activating group) is 1. The average Bonchev–Trinajstić information content (AvgIpc) is 2.95. The standard InChI is InChI=1S/C31H36N6O7/c1-36(2)19-12-18(35-30(33)34-13-14-8-6-5-7-9-14)24(38)21-16(19)10-15-11-17-23(37(3)4)26(40)22(29(32)43)28(42)31(17,44)27(41)20(15)25(21)39/h5-9,12,15,17,23,38,40-41,44H,10-11,13H2,1-4H3,(H2,32,43)(H3,33,34,35). The number of guanidine groups is 1. The molecular weight excluding hydrogens is 568 g/mol. The number of phenols is 1. The highest BCUT2D eigenvalue weighted by atomic mass is 16.3. The number of rotatable bonds is 6. The summed E-state index contributed by atoms with van der Waals surface area (Å²) in [6.45, 7) is 0.333. The van der Waals surface area contributed by atoms with E-state index in [2.05, 4.69) is 10.6 Å². The van der Waals surface area contributed by atoms with E-state index in [-0.39, 0.29) is 35.6 Å². The summed E-state index contributed by atoms with van der Waals surface area (Å²) in [6, 6.07) is 9.95. The summed E-state index contributed by atoms with van der Waals surface area (Å²) in [4.78, 5) is 43.1. The van der Waals surface area contributed by atoms with Crippen LogP contribution in [0.3, 0.4) is 0 Å². The number of aliphatic hydroxyl groups excluding tert-OH is 2. The lowest BCUT2D eigenvalue weighted by molar-refractivity contribution is -0.148. The van der Waals surface area contributed by atoms with Gasteiger partial charge in [-0.3, -0.25) is 24.7 Å². The number of nitrogens with zero attached hydrogens (tertiary/aromatic N) is 2. The molecule has 0 fully saturated rings. The van der Waals surface area contributed by atoms with Crippen LogP contribution in [0.1, 0.15) is 27.9 Å². The molecule has 2 aromatic carbocycles. The van der Waals surface area contributed by atoms with Crippen LogP contribution >= 0.6 is 0 Å². The van der Waals surface area contributed by atoms with Crippen LogP contribution in [-0.2, 0) is 22.6 Å². The van der Waals surface area contributed by atoms with Gasteiger partial charge in [-0.1, -0.05) is 30.3 Å². The number of fused-ring (bicyclic) bond motifs is 3. The molecule has 0 aliphatic heterocycles. The molecule has 0 aromatic heterocycles. The molecule has 0 bridgehead atoms. The summed E-state index contributed by atoms with van der Waals surface area (Å²) >= 11 is 0. The average molecular weight is 605 g/mol. The van der Waals surface area contributed by atoms with Crippen molar-refractivity contribution in [3.8, 4) is 5.75 Å². The Balaban J connectivity index is 1.59. The van der Waals surface area contributed by atoms with E-state index < -0.39 is 63.8 Å². The minimum absolute atomic E-state index is 0.00650. The van der Waals surface area contributed by atoms with Gasteiger partial charge in [0.05, 0.1) is 17.3 Å². The molecule has 0 spiro atoms. The van der Waals surface area contributed by atoms with Gasteiger partial charge in [0.15, 0.2) is 23.1 Å². The largest absolute Gasteiger partial charge is 0.510 e. The number of aliphatic hydroxyl groups is 3. The molecule has 232 valence electrons. The van der Waals surface area contributed by atoms with Crippen LogP contribution in [-0.4, -0.2) is 88.6 Å². The highest BCUT2D eigenvalue weighted by molar-refractivity contribution is 6.25. The van der Waals surface area contributed by atoms with Gasteiger partial charge in [-0.25, -0.2) is 0 Å². The minimum Gasteiger partial charge on any atom is -0.510 e. The van der Waals surface area contributed by atoms with Crippen molar-refractivity contribution in [3.05, 3.63) is 75.8 Å². The fourth-order valence-corrected chi connectivity index (χ4v) is 6.76. The first-order valence-corrected chi connectivity index (χ1v) is 14.0. The number of hydrogen-bond donors (Lipinski definition) is 8. The van der Waals surface area contributed by atoms with Gasteiger partial charge in [-0.2, -0.15) is 0 Å². The molecule has 3 aliphatic carbocycles. The molecule has 3 aliphatic rings. The normalized spacial score (nSPS) is 24.5. The maximum Gasteiger partial charge on any atom is 0.255 e. The lowest BCUT2D eigenvalue weighted by atomic mass is 9.58. The molecule has 0 saturated carbocycles. The van der Waals surface area contributed by atoms with Gasteiger partial charge in [0.1, 0.15) is 17.1 Å². The van der Waals surface area contributed by atoms with Crippen LogP contribution in [0, 0.1) is 17.2 Å². The molecule has 0 radical (unpaired) electrons. The highest BCUT2D eigenvalue weighted by Gasteiger charge is 2.63. The summed E-state index contributed by atoms with van der Waals surface area (Å²) in [7, 11) is 6.68. The van der Waals surface area contributed by atoms with Crippen molar-refractivity contribution in [2.75, 3.05) is 38.4 Å². The van der Waals surface area contributed by atoms with E-state index in [1.54, 1.807) is 39.2 Å². The molecule has 13 heteroatoms. The van der Waals surface area contributed by atoms with Gasteiger partial charge >= 0.3 is 0 Å². The Morgan fingerprint density at radius 3 is 2.36 bits per heavy atom. The summed E-state index contributed by atoms with van der Waals surface area (Å²) in [6.07, 6.45) is 0.146. The third kappa shape index (κ3) is 4.64. The number of ketones is 2. The van der Waals surface area contributed by atoms with Crippen LogP contribution in [0.25, 0.3) is 0 Å². The number of carbonyl (C=O) groups is 3. The van der Waals surface area contributed by atoms with Gasteiger partial charge < -0.3 is 41.7 Å². The molecule has 13 nitrogen and oxygen atoms in total. The van der Waals surface area contributed by atoms with Crippen molar-refractivity contribution >= 4 is 34.8 Å². The smallest absolute Gasteiger partial charge is 0.255 e. The van der Waals surface area contributed by atoms with E-state index in [9.17, 15) is 34.8 Å². The number of aromatic hydroxyl groups is 1. The summed E-state index contributed by atoms with van der Waals surface area (Å²) in [5.74, 6) is -7.33. The second-order valence-corrected chi connectivity index (χ2v) is 11.8. The molecule has 2 aromatic rings. The van der Waals surface area contributed by atoms with Gasteiger partial charge in [-0.15, -0.1) is 0 Å². The van der Waals surface area contributed by atoms with Crippen molar-refractivity contribution < 1.29 is 34.8 Å². The van der Waals surface area contributed by atoms with Gasteiger partial charge in [0.2, 0.25) is 5.78 Å². The number of nitrogens with one attached hydrogen (secondary N) is 3. The maximum atomic E-state index is 14.1. The first-order valence-electron chi connectivity index (χ1n) is 14.0. The van der Waals surface area contributed by atoms with Crippen molar-refractivity contribution in [3.63, 3.8) is 0 Å². The monoisotopic (exact) mass is 604 g/mol. The van der Waals surface area contributed by atoms with Crippen molar-refractivity contribution in [2.45, 2.75) is 31.0 Å². The minimum atomic E-state index is -2.72. The number of benzene rings is 2. The first kappa shape index (κ1) is 30.6. The third-order valence-electron chi connectivity index (χ3n) is 8.75. The Kier molecular flexibility index (Phi) is 7.64. The van der Waals surface area contributed by atoms with Gasteiger partial charge in [0, 0.05) is 37.8 Å². The summed E-state index contributed by atoms with van der Waals surface area (Å²) in [5, 5.41) is 59.7. The van der Waals surface area contributed by atoms with Crippen LogP contribution in [0.2, 0.25) is 0 Å². The molecule has 0 heterocycles. The Morgan fingerprint density at radius 1 is 1.11 bits per heavy atom. The Morgan fingerprint density at radius 2 is 1.77 bits per heavy atom. The van der Waals surface area contributed by atoms with E-state index in [0.29, 0.717) is 17.8 Å². The number of anilines is 2. The van der Waals surface area contributed by atoms with Crippen molar-refractivity contribution in [2.24, 2.45) is 17.6 Å². The lowest BCUT2D eigenvalue weighted by Crippen LogP contribution is -2.63. The second kappa shape index (κ2) is 11.0. The number of allylic oxidation sites excluding steroid dienone is 1. The molecule has 1 amide bonds. The van der Waals surface area contributed by atoms with E-state index in [4.69, 9.17) is 11.1 Å². The zero-order chi connectivity index (χ0) is 32.2. The van der Waals surface area contributed by atoms with Crippen LogP contribution < -0.4 is 21.3 Å². The Hall–Kier alpha value is -4.88. The van der Waals surface area contributed by atoms with Crippen molar-refractivity contribution in [1.82, 2.24) is 10.2 Å². The topological polar surface area (TPSA) is 213 Å². The van der Waals surface area contributed by atoms with E-state index >= 15 is 0 Å². The van der Waals surface area contributed by atoms with Crippen LogP contribution in [0.15, 0.2) is 59.1 Å². The zero-order valence-electron chi connectivity index (χ0n) is 24.8. The number of primary amides is 1. The number of carbonyl (C=O) groups excluding carboxylic acids is 3. The number of hydrogen-bond acceptors (Lipinski definition) is 10. The van der Waals surface area contributed by atoms with Crippen LogP contribution in [0.4, 0.5) is 11.4 Å². The fraction of sp³-hybridized carbons (Fsp3) is 0.355. The Bertz CT molecular complexity index is 1650. The highest BCUT2D eigenvalue weighted by Crippen LogP contribution is 2.53. The lowest BCUT2D eigenvalue weighted by Gasteiger charge is -2.50. The molecule has 4 atom stereocenters. The molecule has 44 heavy (non-hydrogen) atoms. The van der Waals surface area contributed by atoms with Gasteiger partial charge in [-0.05, 0) is 50.0 Å². The summed E-state index contributed by atoms with van der Waals surface area (Å²) in [5.41, 5.74) is 3.47. The Labute approximate surface area is 253 Å². The molecule has 9 N–H and O–H groups in total. The van der Waals surface area contributed by atoms with E-state index in [0.717, 1.165) is 5.56 Å². The second-order valence-electron chi connectivity index (χ2n) is 11.8. The predicted molar refractivity (Wildman–Crippen MR) is 163 cm³/mol. The SMILES string of the molecule is CN(C)c1cc(NC(=N)NCc2ccccc2)c(O)c2c1CC1CC3C(N(C)C)C(O)=C(C(N)=O)C(=O)C3(O)C(O)=C1C2=O. The van der Waals surface area contributed by atoms with E-state index in [1.165, 1.54) is 4.90 Å². The maximum absolute atomic E-state index is 14.1. The quantitative estimate of drug-likeness (QED) is 0.102. The predicted octanol–water partition coefficient (Wildman–Crippen LogP) is 1.32. The number of nitrogens with two attached hydrogens (primary N) is 1. The molecule has 5 rings (SSSR count).